The Balaban J connectivity index is 3.05. The maximum atomic E-state index is 10.7. The zero-order chi connectivity index (χ0) is 11.4. The molecule has 0 heterocycles. The van der Waals surface area contributed by atoms with Gasteiger partial charge in [0.15, 0.2) is 0 Å². The van der Waals surface area contributed by atoms with Gasteiger partial charge in [0.2, 0.25) is 0 Å². The minimum atomic E-state index is -0.598. The first kappa shape index (κ1) is 11.8. The first-order valence-corrected chi connectivity index (χ1v) is 4.98. The second-order valence-corrected chi connectivity index (χ2v) is 3.80. The Kier molecular flexibility index (Phi) is 3.92. The lowest BCUT2D eigenvalue weighted by atomic mass is 9.64. The molecule has 1 aromatic carbocycles. The van der Waals surface area contributed by atoms with Crippen molar-refractivity contribution in [1.29, 1.82) is 0 Å². The molecule has 1 N–H and O–H groups in total. The van der Waals surface area contributed by atoms with Crippen LogP contribution in [0.2, 0.25) is 6.82 Å². The van der Waals surface area contributed by atoms with Crippen LogP contribution in [-0.4, -0.2) is 24.3 Å². The van der Waals surface area contributed by atoms with Crippen molar-refractivity contribution >= 4 is 18.7 Å². The first-order valence-electron chi connectivity index (χ1n) is 4.98. The molecular weight excluding hydrogens is 191 g/mol. The highest BCUT2D eigenvalue weighted by molar-refractivity contribution is 6.64. The topological polar surface area (TPSA) is 46.5 Å². The molecule has 0 aliphatic carbocycles. The largest absolute Gasteiger partial charge is 0.491 e. The second kappa shape index (κ2) is 4.98. The lowest BCUT2D eigenvalue weighted by Crippen LogP contribution is -2.27. The van der Waals surface area contributed by atoms with Crippen LogP contribution in [0.1, 0.15) is 24.2 Å². The maximum absolute atomic E-state index is 10.7. The number of carbonyl (C=O) groups is 1. The third-order valence-corrected chi connectivity index (χ3v) is 1.94. The average Bonchev–Trinajstić information content (AvgIpc) is 2.16. The number of benzene rings is 1. The molecule has 0 fully saturated rings. The van der Waals surface area contributed by atoms with Gasteiger partial charge >= 0.3 is 6.92 Å². The molecule has 0 saturated carbocycles. The highest BCUT2D eigenvalue weighted by atomic mass is 16.5. The third kappa shape index (κ3) is 3.40. The Morgan fingerprint density at radius 3 is 2.53 bits per heavy atom. The van der Waals surface area contributed by atoms with Crippen LogP contribution < -0.4 is 10.2 Å². The van der Waals surface area contributed by atoms with Gasteiger partial charge in [-0.3, -0.25) is 4.79 Å². The number of ether oxygens (including phenoxy) is 1. The van der Waals surface area contributed by atoms with Gasteiger partial charge in [-0.25, -0.2) is 0 Å². The predicted octanol–water partition coefficient (Wildman–Crippen LogP) is 1.11. The van der Waals surface area contributed by atoms with Crippen molar-refractivity contribution in [2.24, 2.45) is 0 Å². The van der Waals surface area contributed by atoms with Crippen molar-refractivity contribution in [2.75, 3.05) is 0 Å². The molecule has 0 radical (unpaired) electrons. The van der Waals surface area contributed by atoms with E-state index in [1.807, 2.05) is 13.8 Å². The SMILES string of the molecule is CB(O)c1cc(C=O)cc(OC(C)C)c1. The van der Waals surface area contributed by atoms with E-state index >= 15 is 0 Å². The molecule has 0 amide bonds. The summed E-state index contributed by atoms with van der Waals surface area (Å²) < 4.78 is 5.48. The van der Waals surface area contributed by atoms with Crippen molar-refractivity contribution in [3.63, 3.8) is 0 Å². The fraction of sp³-hybridized carbons (Fsp3) is 0.364. The van der Waals surface area contributed by atoms with Gasteiger partial charge in [0.05, 0.1) is 6.10 Å². The van der Waals surface area contributed by atoms with Crippen LogP contribution in [0.5, 0.6) is 5.75 Å². The molecule has 3 nitrogen and oxygen atoms in total. The molecule has 0 bridgehead atoms. The highest BCUT2D eigenvalue weighted by Gasteiger charge is 2.10. The van der Waals surface area contributed by atoms with Gasteiger partial charge in [0.25, 0.3) is 0 Å². The zero-order valence-corrected chi connectivity index (χ0v) is 9.23. The van der Waals surface area contributed by atoms with Crippen LogP contribution in [-0.2, 0) is 0 Å². The number of rotatable bonds is 4. The predicted molar refractivity (Wildman–Crippen MR) is 61.1 cm³/mol. The summed E-state index contributed by atoms with van der Waals surface area (Å²) in [6.07, 6.45) is 0.799. The van der Waals surface area contributed by atoms with E-state index < -0.39 is 6.92 Å². The quantitative estimate of drug-likeness (QED) is 0.592. The molecule has 1 aromatic rings. The third-order valence-electron chi connectivity index (χ3n) is 1.94. The number of hydrogen-bond acceptors (Lipinski definition) is 3. The summed E-state index contributed by atoms with van der Waals surface area (Å²) in [6.45, 7) is 4.88. The minimum absolute atomic E-state index is 0.0498. The van der Waals surface area contributed by atoms with Crippen molar-refractivity contribution in [3.05, 3.63) is 23.8 Å². The van der Waals surface area contributed by atoms with E-state index in [0.717, 1.165) is 6.29 Å². The number of hydrogen-bond donors (Lipinski definition) is 1. The summed E-state index contributed by atoms with van der Waals surface area (Å²) in [5.74, 6) is 0.616. The van der Waals surface area contributed by atoms with Crippen molar-refractivity contribution in [3.8, 4) is 5.75 Å². The molecule has 0 unspecified atom stereocenters. The second-order valence-electron chi connectivity index (χ2n) is 3.80. The van der Waals surface area contributed by atoms with Crippen LogP contribution in [0.3, 0.4) is 0 Å². The van der Waals surface area contributed by atoms with Gasteiger partial charge in [-0.2, -0.15) is 0 Å². The molecule has 0 atom stereocenters. The Hall–Kier alpha value is -1.29. The van der Waals surface area contributed by atoms with E-state index in [4.69, 9.17) is 4.74 Å². The number of carbonyl (C=O) groups excluding carboxylic acids is 1. The molecule has 15 heavy (non-hydrogen) atoms. The minimum Gasteiger partial charge on any atom is -0.491 e. The summed E-state index contributed by atoms with van der Waals surface area (Å²) in [4.78, 5) is 10.7. The molecule has 0 aliphatic heterocycles. The van der Waals surface area contributed by atoms with E-state index in [1.165, 1.54) is 0 Å². The van der Waals surface area contributed by atoms with Gasteiger partial charge < -0.3 is 9.76 Å². The summed E-state index contributed by atoms with van der Waals surface area (Å²) in [5.41, 5.74) is 1.21. The van der Waals surface area contributed by atoms with Crippen LogP contribution in [0.25, 0.3) is 0 Å². The van der Waals surface area contributed by atoms with E-state index in [-0.39, 0.29) is 6.10 Å². The smallest absolute Gasteiger partial charge is 0.320 e. The highest BCUT2D eigenvalue weighted by Crippen LogP contribution is 2.13. The van der Waals surface area contributed by atoms with Gasteiger partial charge in [-0.1, -0.05) is 12.9 Å². The molecule has 0 aliphatic rings. The summed E-state index contributed by atoms with van der Waals surface area (Å²) in [7, 11) is 0. The average molecular weight is 206 g/mol. The fourth-order valence-corrected chi connectivity index (χ4v) is 1.30. The van der Waals surface area contributed by atoms with Crippen LogP contribution in [0.15, 0.2) is 18.2 Å². The van der Waals surface area contributed by atoms with Crippen molar-refractivity contribution in [1.82, 2.24) is 0 Å². The molecule has 0 saturated heterocycles. The lowest BCUT2D eigenvalue weighted by molar-refractivity contribution is 0.112. The van der Waals surface area contributed by atoms with Crippen LogP contribution in [0, 0.1) is 0 Å². The van der Waals surface area contributed by atoms with E-state index in [0.29, 0.717) is 16.8 Å². The summed E-state index contributed by atoms with van der Waals surface area (Å²) in [6, 6.07) is 5.07. The molecule has 80 valence electrons. The first-order chi connectivity index (χ1) is 7.02. The lowest BCUT2D eigenvalue weighted by Gasteiger charge is -2.12. The molecule has 0 aromatic heterocycles. The monoisotopic (exact) mass is 206 g/mol. The van der Waals surface area contributed by atoms with Crippen molar-refractivity contribution in [2.45, 2.75) is 26.8 Å². The summed E-state index contributed by atoms with van der Waals surface area (Å²) >= 11 is 0. The standard InChI is InChI=1S/C11H15BO3/c1-8(2)15-11-5-9(7-13)4-10(6-11)12(3)14/h4-8,14H,1-3H3. The Morgan fingerprint density at radius 2 is 2.07 bits per heavy atom. The zero-order valence-electron chi connectivity index (χ0n) is 9.23. The molecular formula is C11H15BO3. The normalized spacial score (nSPS) is 10.2. The van der Waals surface area contributed by atoms with Gasteiger partial charge in [0.1, 0.15) is 12.0 Å². The van der Waals surface area contributed by atoms with Crippen LogP contribution >= 0.6 is 0 Å². The van der Waals surface area contributed by atoms with Gasteiger partial charge in [-0.15, -0.1) is 0 Å². The Labute approximate surface area is 90.2 Å². The molecule has 4 heteroatoms. The van der Waals surface area contributed by atoms with E-state index in [1.54, 1.807) is 25.0 Å². The molecule has 1 rings (SSSR count). The van der Waals surface area contributed by atoms with E-state index in [9.17, 15) is 9.82 Å². The maximum Gasteiger partial charge on any atom is 0.320 e. The van der Waals surface area contributed by atoms with Gasteiger partial charge in [-0.05, 0) is 31.4 Å². The summed E-state index contributed by atoms with van der Waals surface area (Å²) in [5, 5.41) is 9.43. The van der Waals surface area contributed by atoms with Crippen LogP contribution in [0.4, 0.5) is 0 Å². The fourth-order valence-electron chi connectivity index (χ4n) is 1.30. The van der Waals surface area contributed by atoms with E-state index in [2.05, 4.69) is 0 Å². The van der Waals surface area contributed by atoms with Crippen molar-refractivity contribution < 1.29 is 14.6 Å². The molecule has 0 spiro atoms. The Morgan fingerprint density at radius 1 is 1.40 bits per heavy atom. The Bertz CT molecular complexity index is 348. The number of aldehydes is 1. The van der Waals surface area contributed by atoms with Gasteiger partial charge in [0, 0.05) is 5.56 Å².